The van der Waals surface area contributed by atoms with Crippen LogP contribution in [0.3, 0.4) is 0 Å². The second kappa shape index (κ2) is 4.12. The van der Waals surface area contributed by atoms with E-state index < -0.39 is 0 Å². The van der Waals surface area contributed by atoms with E-state index in [1.54, 1.807) is 4.68 Å². The third kappa shape index (κ3) is 2.10. The van der Waals surface area contributed by atoms with E-state index >= 15 is 0 Å². The van der Waals surface area contributed by atoms with Gasteiger partial charge in [-0.05, 0) is 19.8 Å². The molecule has 1 aromatic rings. The van der Waals surface area contributed by atoms with E-state index in [1.807, 2.05) is 13.0 Å². The van der Waals surface area contributed by atoms with Crippen LogP contribution in [0.4, 0.5) is 5.82 Å². The van der Waals surface area contributed by atoms with Crippen molar-refractivity contribution in [3.05, 3.63) is 11.8 Å². The molecule has 0 bridgehead atoms. The zero-order chi connectivity index (χ0) is 12.7. The standard InChI is InChI=1S/C12H16N4O2/c1-8-6-11-15(7-10(17)13-9-2-3-9)12(18)4-5-16(11)14-8/h6,9H,2-5,7H2,1H3,(H,13,17). The fourth-order valence-corrected chi connectivity index (χ4v) is 2.19. The average molecular weight is 248 g/mol. The van der Waals surface area contributed by atoms with Crippen LogP contribution in [-0.2, 0) is 16.1 Å². The minimum Gasteiger partial charge on any atom is -0.352 e. The molecule has 0 atom stereocenters. The van der Waals surface area contributed by atoms with E-state index in [-0.39, 0.29) is 18.4 Å². The van der Waals surface area contributed by atoms with Crippen molar-refractivity contribution in [2.45, 2.75) is 38.8 Å². The molecule has 2 amide bonds. The zero-order valence-electron chi connectivity index (χ0n) is 10.3. The maximum Gasteiger partial charge on any atom is 0.240 e. The van der Waals surface area contributed by atoms with Gasteiger partial charge in [-0.2, -0.15) is 5.10 Å². The molecular weight excluding hydrogens is 232 g/mol. The van der Waals surface area contributed by atoms with Crippen molar-refractivity contribution < 1.29 is 9.59 Å². The minimum atomic E-state index is -0.0850. The van der Waals surface area contributed by atoms with Crippen LogP contribution >= 0.6 is 0 Å². The van der Waals surface area contributed by atoms with Crippen molar-refractivity contribution >= 4 is 17.6 Å². The molecule has 1 saturated carbocycles. The molecule has 2 heterocycles. The molecule has 0 radical (unpaired) electrons. The molecule has 96 valence electrons. The van der Waals surface area contributed by atoms with Crippen molar-refractivity contribution in [1.82, 2.24) is 15.1 Å². The Morgan fingerprint density at radius 2 is 2.33 bits per heavy atom. The van der Waals surface area contributed by atoms with Gasteiger partial charge in [-0.15, -0.1) is 0 Å². The van der Waals surface area contributed by atoms with Crippen molar-refractivity contribution in [3.63, 3.8) is 0 Å². The van der Waals surface area contributed by atoms with Gasteiger partial charge in [0, 0.05) is 18.5 Å². The quantitative estimate of drug-likeness (QED) is 0.831. The molecule has 0 aromatic carbocycles. The highest BCUT2D eigenvalue weighted by molar-refractivity contribution is 5.99. The maximum atomic E-state index is 11.9. The first-order valence-corrected chi connectivity index (χ1v) is 6.27. The van der Waals surface area contributed by atoms with Gasteiger partial charge in [0.1, 0.15) is 12.4 Å². The van der Waals surface area contributed by atoms with Gasteiger partial charge in [0.15, 0.2) is 0 Å². The van der Waals surface area contributed by atoms with Crippen molar-refractivity contribution in [1.29, 1.82) is 0 Å². The topological polar surface area (TPSA) is 67.2 Å². The van der Waals surface area contributed by atoms with Gasteiger partial charge < -0.3 is 5.32 Å². The molecule has 6 nitrogen and oxygen atoms in total. The lowest BCUT2D eigenvalue weighted by Gasteiger charge is -2.26. The van der Waals surface area contributed by atoms with Gasteiger partial charge in [-0.3, -0.25) is 14.5 Å². The number of carbonyl (C=O) groups excluding carboxylic acids is 2. The Bertz CT molecular complexity index is 504. The van der Waals surface area contributed by atoms with Crippen LogP contribution in [0.5, 0.6) is 0 Å². The molecule has 1 aromatic heterocycles. The number of nitrogens with one attached hydrogen (secondary N) is 1. The van der Waals surface area contributed by atoms with Gasteiger partial charge in [-0.1, -0.05) is 0 Å². The fourth-order valence-electron chi connectivity index (χ4n) is 2.19. The Kier molecular flexibility index (Phi) is 2.57. The van der Waals surface area contributed by atoms with Gasteiger partial charge in [0.25, 0.3) is 0 Å². The third-order valence-corrected chi connectivity index (χ3v) is 3.24. The van der Waals surface area contributed by atoms with Crippen molar-refractivity contribution in [2.24, 2.45) is 0 Å². The Morgan fingerprint density at radius 1 is 1.56 bits per heavy atom. The highest BCUT2D eigenvalue weighted by Crippen LogP contribution is 2.23. The third-order valence-electron chi connectivity index (χ3n) is 3.24. The summed E-state index contributed by atoms with van der Waals surface area (Å²) in [6.07, 6.45) is 2.51. The summed E-state index contributed by atoms with van der Waals surface area (Å²) >= 11 is 0. The van der Waals surface area contributed by atoms with Crippen LogP contribution in [0, 0.1) is 6.92 Å². The van der Waals surface area contributed by atoms with E-state index in [0.717, 1.165) is 24.4 Å². The number of aryl methyl sites for hydroxylation is 2. The summed E-state index contributed by atoms with van der Waals surface area (Å²) in [4.78, 5) is 25.2. The Hall–Kier alpha value is -1.85. The summed E-state index contributed by atoms with van der Waals surface area (Å²) in [7, 11) is 0. The molecule has 1 aliphatic heterocycles. The molecule has 1 aliphatic carbocycles. The molecule has 6 heteroatoms. The first-order chi connectivity index (χ1) is 8.63. The van der Waals surface area contributed by atoms with Crippen LogP contribution in [0.25, 0.3) is 0 Å². The van der Waals surface area contributed by atoms with Crippen LogP contribution in [0.15, 0.2) is 6.07 Å². The summed E-state index contributed by atoms with van der Waals surface area (Å²) in [5.41, 5.74) is 0.868. The number of hydrogen-bond donors (Lipinski definition) is 1. The first-order valence-electron chi connectivity index (χ1n) is 6.27. The predicted molar refractivity (Wildman–Crippen MR) is 65.1 cm³/mol. The van der Waals surface area contributed by atoms with Crippen molar-refractivity contribution in [2.75, 3.05) is 11.4 Å². The van der Waals surface area contributed by atoms with Crippen LogP contribution < -0.4 is 10.2 Å². The lowest BCUT2D eigenvalue weighted by atomic mass is 10.3. The lowest BCUT2D eigenvalue weighted by molar-refractivity contribution is -0.124. The Morgan fingerprint density at radius 3 is 3.06 bits per heavy atom. The molecule has 2 aliphatic rings. The molecule has 18 heavy (non-hydrogen) atoms. The smallest absolute Gasteiger partial charge is 0.240 e. The number of nitrogens with zero attached hydrogens (tertiary/aromatic N) is 3. The molecule has 1 fully saturated rings. The summed E-state index contributed by atoms with van der Waals surface area (Å²) in [6.45, 7) is 2.58. The van der Waals surface area contributed by atoms with Gasteiger partial charge in [0.2, 0.25) is 11.8 Å². The molecule has 3 rings (SSSR count). The van der Waals surface area contributed by atoms with Gasteiger partial charge in [0.05, 0.1) is 12.2 Å². The van der Waals surface area contributed by atoms with E-state index in [1.165, 1.54) is 4.90 Å². The normalized spacial score (nSPS) is 18.7. The summed E-state index contributed by atoms with van der Waals surface area (Å²) in [5, 5.41) is 7.20. The average Bonchev–Trinajstić information content (AvgIpc) is 3.03. The Balaban J connectivity index is 1.76. The monoisotopic (exact) mass is 248 g/mol. The summed E-state index contributed by atoms with van der Waals surface area (Å²) in [5.74, 6) is 0.640. The second-order valence-electron chi connectivity index (χ2n) is 4.94. The SMILES string of the molecule is Cc1cc2n(n1)CCC(=O)N2CC(=O)NC1CC1. The number of fused-ring (bicyclic) bond motifs is 1. The predicted octanol–water partition coefficient (Wildman–Crippen LogP) is 0.207. The van der Waals surface area contributed by atoms with Crippen LogP contribution in [0.1, 0.15) is 25.0 Å². The highest BCUT2D eigenvalue weighted by atomic mass is 16.2. The Labute approximate surface area is 105 Å². The number of aromatic nitrogens is 2. The van der Waals surface area contributed by atoms with Crippen LogP contribution in [0.2, 0.25) is 0 Å². The second-order valence-corrected chi connectivity index (χ2v) is 4.94. The molecule has 0 unspecified atom stereocenters. The molecular formula is C12H16N4O2. The molecule has 0 saturated heterocycles. The number of rotatable bonds is 3. The number of carbonyl (C=O) groups is 2. The number of hydrogen-bond acceptors (Lipinski definition) is 3. The van der Waals surface area contributed by atoms with Gasteiger partial charge >= 0.3 is 0 Å². The zero-order valence-corrected chi connectivity index (χ0v) is 10.3. The first kappa shape index (κ1) is 11.3. The highest BCUT2D eigenvalue weighted by Gasteiger charge is 2.29. The lowest BCUT2D eigenvalue weighted by Crippen LogP contribution is -2.44. The number of amides is 2. The van der Waals surface area contributed by atoms with Crippen LogP contribution in [-0.4, -0.2) is 34.2 Å². The molecule has 0 spiro atoms. The maximum absolute atomic E-state index is 11.9. The van der Waals surface area contributed by atoms with E-state index in [4.69, 9.17) is 0 Å². The van der Waals surface area contributed by atoms with E-state index in [2.05, 4.69) is 10.4 Å². The molecule has 1 N–H and O–H groups in total. The largest absolute Gasteiger partial charge is 0.352 e. The fraction of sp³-hybridized carbons (Fsp3) is 0.583. The number of anilines is 1. The van der Waals surface area contributed by atoms with E-state index in [0.29, 0.717) is 19.0 Å². The van der Waals surface area contributed by atoms with Crippen molar-refractivity contribution in [3.8, 4) is 0 Å². The summed E-state index contributed by atoms with van der Waals surface area (Å²) in [6, 6.07) is 2.17. The summed E-state index contributed by atoms with van der Waals surface area (Å²) < 4.78 is 1.79. The minimum absolute atomic E-state index is 0.00616. The van der Waals surface area contributed by atoms with E-state index in [9.17, 15) is 9.59 Å². The van der Waals surface area contributed by atoms with Gasteiger partial charge in [-0.25, -0.2) is 4.68 Å².